The summed E-state index contributed by atoms with van der Waals surface area (Å²) in [7, 11) is 1.92. The minimum atomic E-state index is 0.620. The lowest BCUT2D eigenvalue weighted by molar-refractivity contribution is 0.813. The zero-order valence-electron chi connectivity index (χ0n) is 7.16. The first-order valence-corrected chi connectivity index (χ1v) is 4.74. The van der Waals surface area contributed by atoms with Crippen molar-refractivity contribution in [2.75, 3.05) is 7.05 Å². The van der Waals surface area contributed by atoms with Gasteiger partial charge in [0.2, 0.25) is 4.73 Å². The van der Waals surface area contributed by atoms with Crippen molar-refractivity contribution in [3.8, 4) is 0 Å². The van der Waals surface area contributed by atoms with Crippen LogP contribution in [0, 0.1) is 0 Å². The highest BCUT2D eigenvalue weighted by molar-refractivity contribution is 9.10. The molecule has 0 amide bonds. The SMILES string of the molecule is CNCc1ccn2nc(Br)nc2c1. The second-order valence-electron chi connectivity index (χ2n) is 2.75. The summed E-state index contributed by atoms with van der Waals surface area (Å²) >= 11 is 3.23. The van der Waals surface area contributed by atoms with Crippen molar-refractivity contribution in [2.24, 2.45) is 0 Å². The minimum Gasteiger partial charge on any atom is -0.316 e. The van der Waals surface area contributed by atoms with Gasteiger partial charge in [-0.15, -0.1) is 5.10 Å². The Bertz CT molecular complexity index is 423. The Kier molecular flexibility index (Phi) is 2.28. The lowest BCUT2D eigenvalue weighted by Gasteiger charge is -1.98. The molecular weight excluding hydrogens is 232 g/mol. The zero-order valence-corrected chi connectivity index (χ0v) is 8.74. The second-order valence-corrected chi connectivity index (χ2v) is 3.46. The molecule has 0 saturated heterocycles. The highest BCUT2D eigenvalue weighted by atomic mass is 79.9. The van der Waals surface area contributed by atoms with E-state index >= 15 is 0 Å². The van der Waals surface area contributed by atoms with Gasteiger partial charge in [-0.2, -0.15) is 0 Å². The molecule has 0 unspecified atom stereocenters. The lowest BCUT2D eigenvalue weighted by atomic mass is 10.3. The summed E-state index contributed by atoms with van der Waals surface area (Å²) in [6.07, 6.45) is 1.90. The summed E-state index contributed by atoms with van der Waals surface area (Å²) in [5.74, 6) is 0. The van der Waals surface area contributed by atoms with Crippen LogP contribution in [0.2, 0.25) is 0 Å². The molecule has 0 radical (unpaired) electrons. The van der Waals surface area contributed by atoms with Crippen LogP contribution < -0.4 is 5.32 Å². The number of nitrogens with zero attached hydrogens (tertiary/aromatic N) is 3. The second kappa shape index (κ2) is 3.43. The van der Waals surface area contributed by atoms with Gasteiger partial charge in [-0.3, -0.25) is 0 Å². The fourth-order valence-electron chi connectivity index (χ4n) is 1.21. The molecule has 2 aromatic heterocycles. The topological polar surface area (TPSA) is 42.2 Å². The van der Waals surface area contributed by atoms with Gasteiger partial charge in [-0.1, -0.05) is 0 Å². The van der Waals surface area contributed by atoms with Crippen molar-refractivity contribution in [1.29, 1.82) is 0 Å². The van der Waals surface area contributed by atoms with E-state index in [-0.39, 0.29) is 0 Å². The van der Waals surface area contributed by atoms with Gasteiger partial charge >= 0.3 is 0 Å². The van der Waals surface area contributed by atoms with Crippen LogP contribution in [0.15, 0.2) is 23.1 Å². The van der Waals surface area contributed by atoms with Crippen LogP contribution in [-0.2, 0) is 6.54 Å². The summed E-state index contributed by atoms with van der Waals surface area (Å²) in [4.78, 5) is 4.20. The maximum Gasteiger partial charge on any atom is 0.218 e. The van der Waals surface area contributed by atoms with E-state index in [4.69, 9.17) is 0 Å². The lowest BCUT2D eigenvalue weighted by Crippen LogP contribution is -2.05. The molecule has 68 valence electrons. The maximum atomic E-state index is 4.20. The summed E-state index contributed by atoms with van der Waals surface area (Å²) in [5.41, 5.74) is 2.06. The summed E-state index contributed by atoms with van der Waals surface area (Å²) in [5, 5.41) is 7.20. The summed E-state index contributed by atoms with van der Waals surface area (Å²) < 4.78 is 2.36. The van der Waals surface area contributed by atoms with Crippen molar-refractivity contribution >= 4 is 21.6 Å². The highest BCUT2D eigenvalue weighted by Gasteiger charge is 2.00. The molecule has 2 rings (SSSR count). The van der Waals surface area contributed by atoms with E-state index < -0.39 is 0 Å². The van der Waals surface area contributed by atoms with Gasteiger partial charge in [0.1, 0.15) is 0 Å². The Morgan fingerprint density at radius 3 is 3.23 bits per heavy atom. The summed E-state index contributed by atoms with van der Waals surface area (Å²) in [6.45, 7) is 0.848. The molecule has 0 aliphatic carbocycles. The van der Waals surface area contributed by atoms with Gasteiger partial charge in [0.05, 0.1) is 0 Å². The molecule has 4 nitrogen and oxygen atoms in total. The molecule has 1 N–H and O–H groups in total. The standard InChI is InChI=1S/C8H9BrN4/c1-10-5-6-2-3-13-7(4-6)11-8(9)12-13/h2-4,10H,5H2,1H3. The predicted octanol–water partition coefficient (Wildman–Crippen LogP) is 1.21. The van der Waals surface area contributed by atoms with E-state index in [0.29, 0.717) is 4.73 Å². The van der Waals surface area contributed by atoms with Gasteiger partial charge in [0.15, 0.2) is 5.65 Å². The molecule has 2 aromatic rings. The van der Waals surface area contributed by atoms with E-state index in [1.165, 1.54) is 5.56 Å². The number of aromatic nitrogens is 3. The van der Waals surface area contributed by atoms with Gasteiger partial charge in [-0.05, 0) is 40.7 Å². The third-order valence-electron chi connectivity index (χ3n) is 1.76. The molecule has 0 fully saturated rings. The van der Waals surface area contributed by atoms with E-state index in [1.807, 2.05) is 25.4 Å². The Labute approximate surface area is 84.1 Å². The predicted molar refractivity (Wildman–Crippen MR) is 53.5 cm³/mol. The van der Waals surface area contributed by atoms with Crippen LogP contribution in [0.25, 0.3) is 5.65 Å². The van der Waals surface area contributed by atoms with E-state index in [0.717, 1.165) is 12.2 Å². The highest BCUT2D eigenvalue weighted by Crippen LogP contribution is 2.08. The van der Waals surface area contributed by atoms with Crippen molar-refractivity contribution in [3.05, 3.63) is 28.6 Å². The molecule has 0 atom stereocenters. The van der Waals surface area contributed by atoms with Crippen molar-refractivity contribution in [2.45, 2.75) is 6.54 Å². The number of fused-ring (bicyclic) bond motifs is 1. The van der Waals surface area contributed by atoms with Crippen LogP contribution in [0.5, 0.6) is 0 Å². The molecule has 2 heterocycles. The van der Waals surface area contributed by atoms with Crippen molar-refractivity contribution < 1.29 is 0 Å². The Balaban J connectivity index is 2.48. The zero-order chi connectivity index (χ0) is 9.26. The number of halogens is 1. The van der Waals surface area contributed by atoms with Crippen LogP contribution >= 0.6 is 15.9 Å². The van der Waals surface area contributed by atoms with Crippen molar-refractivity contribution in [1.82, 2.24) is 19.9 Å². The number of hydrogen-bond acceptors (Lipinski definition) is 3. The van der Waals surface area contributed by atoms with Gasteiger partial charge in [0, 0.05) is 12.7 Å². The average Bonchev–Trinajstić information content (AvgIpc) is 2.44. The molecular formula is C8H9BrN4. The van der Waals surface area contributed by atoms with E-state index in [2.05, 4.69) is 31.3 Å². The van der Waals surface area contributed by atoms with Crippen molar-refractivity contribution in [3.63, 3.8) is 0 Å². The first-order chi connectivity index (χ1) is 6.29. The van der Waals surface area contributed by atoms with E-state index in [9.17, 15) is 0 Å². The Morgan fingerprint density at radius 1 is 1.62 bits per heavy atom. The van der Waals surface area contributed by atoms with Gasteiger partial charge < -0.3 is 5.32 Å². The Morgan fingerprint density at radius 2 is 2.46 bits per heavy atom. The summed E-state index contributed by atoms with van der Waals surface area (Å²) in [6, 6.07) is 4.03. The Hall–Kier alpha value is -0.940. The third kappa shape index (κ3) is 1.71. The van der Waals surface area contributed by atoms with Crippen LogP contribution in [0.4, 0.5) is 0 Å². The van der Waals surface area contributed by atoms with Gasteiger partial charge in [-0.25, -0.2) is 9.50 Å². The number of rotatable bonds is 2. The first kappa shape index (κ1) is 8.65. The fourth-order valence-corrected chi connectivity index (χ4v) is 1.56. The molecule has 0 aromatic carbocycles. The number of nitrogens with one attached hydrogen (secondary N) is 1. The molecule has 0 bridgehead atoms. The first-order valence-electron chi connectivity index (χ1n) is 3.95. The van der Waals surface area contributed by atoms with Gasteiger partial charge in [0.25, 0.3) is 0 Å². The van der Waals surface area contributed by atoms with E-state index in [1.54, 1.807) is 4.52 Å². The largest absolute Gasteiger partial charge is 0.316 e. The minimum absolute atomic E-state index is 0.620. The number of hydrogen-bond donors (Lipinski definition) is 1. The smallest absolute Gasteiger partial charge is 0.218 e. The van der Waals surface area contributed by atoms with Crippen LogP contribution in [0.3, 0.4) is 0 Å². The molecule has 5 heteroatoms. The molecule has 0 saturated carbocycles. The monoisotopic (exact) mass is 240 g/mol. The fraction of sp³-hybridized carbons (Fsp3) is 0.250. The van der Waals surface area contributed by atoms with Crippen LogP contribution in [-0.4, -0.2) is 21.6 Å². The molecule has 0 aliphatic heterocycles. The average molecular weight is 241 g/mol. The third-order valence-corrected chi connectivity index (χ3v) is 2.09. The molecule has 13 heavy (non-hydrogen) atoms. The van der Waals surface area contributed by atoms with Crippen LogP contribution in [0.1, 0.15) is 5.56 Å². The molecule has 0 aliphatic rings. The number of pyridine rings is 1. The molecule has 0 spiro atoms. The quantitative estimate of drug-likeness (QED) is 0.859. The normalized spacial score (nSPS) is 10.9. The maximum absolute atomic E-state index is 4.20.